The zero-order valence-corrected chi connectivity index (χ0v) is 33.9. The Labute approximate surface area is 360 Å². The molecule has 12 rings (SSSR count). The van der Waals surface area contributed by atoms with Crippen LogP contribution in [0, 0.1) is 0 Å². The molecule has 1 aromatic heterocycles. The second kappa shape index (κ2) is 14.8. The topological polar surface area (TPSA) is 16.4 Å². The van der Waals surface area contributed by atoms with Crippen molar-refractivity contribution in [3.8, 4) is 44.7 Å². The summed E-state index contributed by atoms with van der Waals surface area (Å²) in [6, 6.07) is 85.5. The van der Waals surface area contributed by atoms with Gasteiger partial charge in [0, 0.05) is 27.7 Å². The van der Waals surface area contributed by atoms with Crippen molar-refractivity contribution in [1.82, 2.24) is 0 Å². The van der Waals surface area contributed by atoms with Gasteiger partial charge < -0.3 is 9.32 Å². The summed E-state index contributed by atoms with van der Waals surface area (Å²) in [7, 11) is 0. The van der Waals surface area contributed by atoms with E-state index in [9.17, 15) is 0 Å². The lowest BCUT2D eigenvalue weighted by Crippen LogP contribution is -2.10. The summed E-state index contributed by atoms with van der Waals surface area (Å²) in [4.78, 5) is 2.42. The molecule has 0 saturated heterocycles. The minimum Gasteiger partial charge on any atom is -0.456 e. The average Bonchev–Trinajstić information content (AvgIpc) is 3.79. The Morgan fingerprint density at radius 3 is 1.39 bits per heavy atom. The van der Waals surface area contributed by atoms with E-state index in [1.54, 1.807) is 0 Å². The molecule has 0 N–H and O–H groups in total. The van der Waals surface area contributed by atoms with Gasteiger partial charge in [-0.05, 0) is 126 Å². The summed E-state index contributed by atoms with van der Waals surface area (Å²) in [6.45, 7) is 0. The molecule has 2 nitrogen and oxygen atoms in total. The van der Waals surface area contributed by atoms with Crippen molar-refractivity contribution in [2.24, 2.45) is 0 Å². The lowest BCUT2D eigenvalue weighted by Gasteiger charge is -2.28. The predicted octanol–water partition coefficient (Wildman–Crippen LogP) is 17.2. The SMILES string of the molecule is c1cc(-c2ccc(-c3ccc(N(c4ccc(-c5cc6ccccc6c6ccccc56)cc4)c4cc5ccccc5c5ccccc45)cc3)cc2)cc(-c2cc3ccccc3o2)c1. The van der Waals surface area contributed by atoms with Gasteiger partial charge in [0.15, 0.2) is 0 Å². The molecular weight excluding hydrogens is 751 g/mol. The molecule has 290 valence electrons. The van der Waals surface area contributed by atoms with E-state index in [0.717, 1.165) is 56.0 Å². The molecule has 0 aliphatic rings. The van der Waals surface area contributed by atoms with Crippen LogP contribution < -0.4 is 4.90 Å². The van der Waals surface area contributed by atoms with Crippen LogP contribution in [0.15, 0.2) is 241 Å². The smallest absolute Gasteiger partial charge is 0.135 e. The van der Waals surface area contributed by atoms with Crippen molar-refractivity contribution < 1.29 is 4.42 Å². The number of hydrogen-bond donors (Lipinski definition) is 0. The fraction of sp³-hybridized carbons (Fsp3) is 0. The van der Waals surface area contributed by atoms with Crippen LogP contribution in [0.4, 0.5) is 17.1 Å². The van der Waals surface area contributed by atoms with E-state index >= 15 is 0 Å². The molecule has 0 fully saturated rings. The summed E-state index contributed by atoms with van der Waals surface area (Å²) >= 11 is 0. The molecule has 0 atom stereocenters. The van der Waals surface area contributed by atoms with Crippen LogP contribution in [-0.4, -0.2) is 0 Å². The van der Waals surface area contributed by atoms with E-state index in [-0.39, 0.29) is 0 Å². The van der Waals surface area contributed by atoms with Crippen LogP contribution in [0.1, 0.15) is 0 Å². The predicted molar refractivity (Wildman–Crippen MR) is 263 cm³/mol. The first-order valence-electron chi connectivity index (χ1n) is 21.2. The van der Waals surface area contributed by atoms with Gasteiger partial charge in [-0.25, -0.2) is 0 Å². The molecule has 0 saturated carbocycles. The number of para-hydroxylation sites is 1. The van der Waals surface area contributed by atoms with Gasteiger partial charge in [0.05, 0.1) is 5.69 Å². The van der Waals surface area contributed by atoms with Gasteiger partial charge in [0.25, 0.3) is 0 Å². The fourth-order valence-electron chi connectivity index (χ4n) is 9.36. The Morgan fingerprint density at radius 2 is 0.742 bits per heavy atom. The number of furan rings is 1. The Balaban J connectivity index is 0.920. The third kappa shape index (κ3) is 6.20. The molecule has 0 spiro atoms. The summed E-state index contributed by atoms with van der Waals surface area (Å²) in [6.07, 6.45) is 0. The number of benzene rings is 11. The van der Waals surface area contributed by atoms with E-state index in [1.165, 1.54) is 59.8 Å². The zero-order chi connectivity index (χ0) is 41.0. The van der Waals surface area contributed by atoms with E-state index in [1.807, 2.05) is 18.2 Å². The van der Waals surface area contributed by atoms with E-state index < -0.39 is 0 Å². The monoisotopic (exact) mass is 789 g/mol. The standard InChI is InChI=1S/C60H39NO/c1-4-17-51-45(12-1)37-57(55-21-7-6-19-53(51)55)43-30-34-50(35-31-43)61(58-38-46-13-2-5-18-52(46)54-20-8-9-22-56(54)58)49-32-28-41(29-33-49)40-24-26-42(27-25-40)44-15-11-16-47(36-44)60-39-48-14-3-10-23-59(48)62-60/h1-39H. The highest BCUT2D eigenvalue weighted by Crippen LogP contribution is 2.44. The molecule has 12 aromatic rings. The second-order valence-corrected chi connectivity index (χ2v) is 16.1. The number of hydrogen-bond acceptors (Lipinski definition) is 2. The molecule has 2 heteroatoms. The van der Waals surface area contributed by atoms with Gasteiger partial charge in [-0.1, -0.05) is 182 Å². The van der Waals surface area contributed by atoms with Crippen LogP contribution >= 0.6 is 0 Å². The highest BCUT2D eigenvalue weighted by atomic mass is 16.3. The second-order valence-electron chi connectivity index (χ2n) is 16.1. The Bertz CT molecular complexity index is 3580. The number of nitrogens with zero attached hydrogens (tertiary/aromatic N) is 1. The largest absolute Gasteiger partial charge is 0.456 e. The van der Waals surface area contributed by atoms with E-state index in [4.69, 9.17) is 4.42 Å². The first-order valence-corrected chi connectivity index (χ1v) is 21.2. The minimum absolute atomic E-state index is 0.880. The van der Waals surface area contributed by atoms with E-state index in [0.29, 0.717) is 0 Å². The molecule has 1 heterocycles. The van der Waals surface area contributed by atoms with Crippen LogP contribution in [0.3, 0.4) is 0 Å². The van der Waals surface area contributed by atoms with Crippen molar-refractivity contribution in [3.05, 3.63) is 237 Å². The first-order chi connectivity index (χ1) is 30.7. The van der Waals surface area contributed by atoms with Crippen molar-refractivity contribution >= 4 is 71.1 Å². The van der Waals surface area contributed by atoms with Gasteiger partial charge >= 0.3 is 0 Å². The van der Waals surface area contributed by atoms with Crippen molar-refractivity contribution in [2.45, 2.75) is 0 Å². The summed E-state index contributed by atoms with van der Waals surface area (Å²) < 4.78 is 6.19. The third-order valence-electron chi connectivity index (χ3n) is 12.4. The summed E-state index contributed by atoms with van der Waals surface area (Å²) in [5, 5.41) is 11.1. The first kappa shape index (κ1) is 35.7. The lowest BCUT2D eigenvalue weighted by molar-refractivity contribution is 0.631. The highest BCUT2D eigenvalue weighted by molar-refractivity contribution is 6.15. The Morgan fingerprint density at radius 1 is 0.274 bits per heavy atom. The normalized spacial score (nSPS) is 11.5. The van der Waals surface area contributed by atoms with Crippen molar-refractivity contribution in [2.75, 3.05) is 4.90 Å². The highest BCUT2D eigenvalue weighted by Gasteiger charge is 2.19. The molecule has 0 radical (unpaired) electrons. The van der Waals surface area contributed by atoms with Gasteiger partial charge in [-0.2, -0.15) is 0 Å². The maximum Gasteiger partial charge on any atom is 0.135 e. The summed E-state index contributed by atoms with van der Waals surface area (Å²) in [5.74, 6) is 0.880. The summed E-state index contributed by atoms with van der Waals surface area (Å²) in [5.41, 5.74) is 12.4. The van der Waals surface area contributed by atoms with Crippen LogP contribution in [0.5, 0.6) is 0 Å². The molecule has 0 aliphatic carbocycles. The molecule has 0 amide bonds. The molecule has 0 unspecified atom stereocenters. The van der Waals surface area contributed by atoms with Crippen LogP contribution in [-0.2, 0) is 0 Å². The maximum atomic E-state index is 6.19. The van der Waals surface area contributed by atoms with E-state index in [2.05, 4.69) is 223 Å². The van der Waals surface area contributed by atoms with Crippen molar-refractivity contribution in [1.29, 1.82) is 0 Å². The Hall–Kier alpha value is -8.20. The van der Waals surface area contributed by atoms with Gasteiger partial charge in [-0.3, -0.25) is 0 Å². The average molecular weight is 790 g/mol. The minimum atomic E-state index is 0.880. The Kier molecular flexibility index (Phi) is 8.53. The molecule has 0 bridgehead atoms. The van der Waals surface area contributed by atoms with Gasteiger partial charge in [0.1, 0.15) is 11.3 Å². The van der Waals surface area contributed by atoms with Gasteiger partial charge in [0.2, 0.25) is 0 Å². The zero-order valence-electron chi connectivity index (χ0n) is 33.9. The van der Waals surface area contributed by atoms with Crippen LogP contribution in [0.25, 0.3) is 98.8 Å². The maximum absolute atomic E-state index is 6.19. The molecule has 11 aromatic carbocycles. The molecule has 62 heavy (non-hydrogen) atoms. The van der Waals surface area contributed by atoms with Crippen molar-refractivity contribution in [3.63, 3.8) is 0 Å². The van der Waals surface area contributed by atoms with Crippen LogP contribution in [0.2, 0.25) is 0 Å². The quantitative estimate of drug-likeness (QED) is 0.150. The lowest BCUT2D eigenvalue weighted by atomic mass is 9.93. The number of anilines is 3. The van der Waals surface area contributed by atoms with Gasteiger partial charge in [-0.15, -0.1) is 0 Å². The number of rotatable bonds is 7. The fourth-order valence-corrected chi connectivity index (χ4v) is 9.36. The third-order valence-corrected chi connectivity index (χ3v) is 12.4. The molecule has 0 aliphatic heterocycles. The molecular formula is C60H39NO. The number of fused-ring (bicyclic) bond motifs is 7.